The minimum absolute atomic E-state index is 0.00391. The maximum Gasteiger partial charge on any atom is 0.115 e. The van der Waals surface area contributed by atoms with Crippen molar-refractivity contribution in [2.45, 2.75) is 32.8 Å². The highest BCUT2D eigenvalue weighted by atomic mass is 16.7. The zero-order chi connectivity index (χ0) is 16.1. The maximum atomic E-state index is 9.93. The second-order valence-corrected chi connectivity index (χ2v) is 5.70. The topological polar surface area (TPSA) is 34.4 Å². The molecule has 0 aliphatic heterocycles. The van der Waals surface area contributed by atoms with Crippen LogP contribution in [0.15, 0.2) is 54.6 Å². The number of benzene rings is 2. The first-order valence-electron chi connectivity index (χ1n) is 8.28. The van der Waals surface area contributed by atoms with Gasteiger partial charge < -0.3 is 9.94 Å². The Morgan fingerprint density at radius 3 is 2.43 bits per heavy atom. The Labute approximate surface area is 137 Å². The summed E-state index contributed by atoms with van der Waals surface area (Å²) in [5.74, 6) is 0. The van der Waals surface area contributed by atoms with Gasteiger partial charge in [0.25, 0.3) is 0 Å². The van der Waals surface area contributed by atoms with Crippen LogP contribution in [0.4, 0.5) is 0 Å². The molecule has 0 saturated carbocycles. The summed E-state index contributed by atoms with van der Waals surface area (Å²) in [6, 6.07) is 18.2. The van der Waals surface area contributed by atoms with Gasteiger partial charge in [-0.15, -0.1) is 0 Å². The van der Waals surface area contributed by atoms with Crippen LogP contribution in [0.25, 0.3) is 22.2 Å². The number of aliphatic hydroxyl groups is 1. The van der Waals surface area contributed by atoms with Gasteiger partial charge in [0.15, 0.2) is 0 Å². The maximum absolute atomic E-state index is 9.93. The molecule has 0 bridgehead atoms. The lowest BCUT2D eigenvalue weighted by atomic mass is 10.1. The van der Waals surface area contributed by atoms with Gasteiger partial charge in [-0.05, 0) is 12.5 Å². The lowest BCUT2D eigenvalue weighted by Crippen LogP contribution is -2.14. The van der Waals surface area contributed by atoms with Crippen molar-refractivity contribution < 1.29 is 9.94 Å². The zero-order valence-corrected chi connectivity index (χ0v) is 13.5. The van der Waals surface area contributed by atoms with Crippen LogP contribution in [-0.2, 0) is 6.61 Å². The van der Waals surface area contributed by atoms with Crippen LogP contribution < -0.4 is 4.84 Å². The van der Waals surface area contributed by atoms with Crippen LogP contribution in [0.5, 0.6) is 0 Å². The van der Waals surface area contributed by atoms with Gasteiger partial charge in [-0.3, -0.25) is 0 Å². The average molecular weight is 309 g/mol. The highest BCUT2D eigenvalue weighted by molar-refractivity contribution is 5.91. The molecule has 0 unspecified atom stereocenters. The number of aliphatic hydroxyl groups excluding tert-OH is 1. The predicted molar refractivity (Wildman–Crippen MR) is 94.3 cm³/mol. The number of hydrogen-bond acceptors (Lipinski definition) is 2. The van der Waals surface area contributed by atoms with E-state index in [2.05, 4.69) is 19.1 Å². The highest BCUT2D eigenvalue weighted by Crippen LogP contribution is 2.33. The first kappa shape index (κ1) is 15.6. The Bertz CT molecular complexity index is 762. The molecule has 3 aromatic rings. The Balaban J connectivity index is 2.11. The minimum atomic E-state index is -0.00391. The van der Waals surface area contributed by atoms with Crippen molar-refractivity contribution in [1.82, 2.24) is 4.73 Å². The number of para-hydroxylation sites is 1. The average Bonchev–Trinajstić information content (AvgIpc) is 2.93. The molecule has 3 rings (SSSR count). The van der Waals surface area contributed by atoms with Crippen molar-refractivity contribution in [2.24, 2.45) is 0 Å². The van der Waals surface area contributed by atoms with Crippen molar-refractivity contribution in [3.8, 4) is 11.3 Å². The van der Waals surface area contributed by atoms with Crippen LogP contribution in [0.2, 0.25) is 0 Å². The summed E-state index contributed by atoms with van der Waals surface area (Å²) in [5, 5.41) is 11.0. The SMILES string of the molecule is CCCCCOn1c(-c2ccccc2)c(CO)c2ccccc21. The zero-order valence-electron chi connectivity index (χ0n) is 13.5. The van der Waals surface area contributed by atoms with E-state index in [1.54, 1.807) is 0 Å². The van der Waals surface area contributed by atoms with Gasteiger partial charge in [-0.25, -0.2) is 0 Å². The van der Waals surface area contributed by atoms with E-state index in [1.807, 2.05) is 47.2 Å². The molecule has 1 heterocycles. The van der Waals surface area contributed by atoms with E-state index < -0.39 is 0 Å². The van der Waals surface area contributed by atoms with Crippen molar-refractivity contribution in [2.75, 3.05) is 6.61 Å². The Kier molecular flexibility index (Phi) is 4.99. The third-order valence-electron chi connectivity index (χ3n) is 4.11. The van der Waals surface area contributed by atoms with Gasteiger partial charge in [-0.2, -0.15) is 4.73 Å². The van der Waals surface area contributed by atoms with E-state index in [1.165, 1.54) is 6.42 Å². The molecule has 0 saturated heterocycles. The van der Waals surface area contributed by atoms with Crippen molar-refractivity contribution in [3.63, 3.8) is 0 Å². The lowest BCUT2D eigenvalue weighted by Gasteiger charge is -2.13. The first-order chi connectivity index (χ1) is 11.4. The standard InChI is InChI=1S/C20H23NO2/c1-2-3-9-14-23-21-19-13-8-7-12-17(19)18(15-22)20(21)16-10-5-4-6-11-16/h4-8,10-13,22H,2-3,9,14-15H2,1H3. The molecule has 0 fully saturated rings. The van der Waals surface area contributed by atoms with Gasteiger partial charge >= 0.3 is 0 Å². The third-order valence-corrected chi connectivity index (χ3v) is 4.11. The highest BCUT2D eigenvalue weighted by Gasteiger charge is 2.18. The van der Waals surface area contributed by atoms with Crippen LogP contribution in [0, 0.1) is 0 Å². The summed E-state index contributed by atoms with van der Waals surface area (Å²) in [6.45, 7) is 2.86. The van der Waals surface area contributed by atoms with E-state index >= 15 is 0 Å². The third kappa shape index (κ3) is 3.10. The predicted octanol–water partition coefficient (Wildman–Crippen LogP) is 4.42. The van der Waals surface area contributed by atoms with Crippen molar-refractivity contribution in [1.29, 1.82) is 0 Å². The summed E-state index contributed by atoms with van der Waals surface area (Å²) >= 11 is 0. The van der Waals surface area contributed by atoms with Gasteiger partial charge in [0.2, 0.25) is 0 Å². The summed E-state index contributed by atoms with van der Waals surface area (Å²) in [6.07, 6.45) is 3.36. The molecule has 3 nitrogen and oxygen atoms in total. The summed E-state index contributed by atoms with van der Waals surface area (Å²) < 4.78 is 1.89. The van der Waals surface area contributed by atoms with Crippen molar-refractivity contribution >= 4 is 10.9 Å². The second kappa shape index (κ2) is 7.34. The van der Waals surface area contributed by atoms with Gasteiger partial charge in [0.05, 0.1) is 17.8 Å². The molecule has 1 aromatic heterocycles. The fourth-order valence-corrected chi connectivity index (χ4v) is 2.97. The second-order valence-electron chi connectivity index (χ2n) is 5.70. The Morgan fingerprint density at radius 2 is 1.70 bits per heavy atom. The molecule has 1 N–H and O–H groups in total. The molecule has 23 heavy (non-hydrogen) atoms. The van der Waals surface area contributed by atoms with Crippen LogP contribution >= 0.6 is 0 Å². The monoisotopic (exact) mass is 309 g/mol. The van der Waals surface area contributed by atoms with E-state index in [4.69, 9.17) is 4.84 Å². The number of fused-ring (bicyclic) bond motifs is 1. The van der Waals surface area contributed by atoms with Crippen LogP contribution in [-0.4, -0.2) is 16.4 Å². The van der Waals surface area contributed by atoms with E-state index in [0.29, 0.717) is 6.61 Å². The minimum Gasteiger partial charge on any atom is -0.413 e. The number of unbranched alkanes of at least 4 members (excludes halogenated alkanes) is 2. The normalized spacial score (nSPS) is 11.0. The molecule has 0 spiro atoms. The van der Waals surface area contributed by atoms with Gasteiger partial charge in [0, 0.05) is 16.5 Å². The van der Waals surface area contributed by atoms with Crippen LogP contribution in [0.1, 0.15) is 31.7 Å². The summed E-state index contributed by atoms with van der Waals surface area (Å²) in [5.41, 5.74) is 3.93. The number of rotatable bonds is 7. The van der Waals surface area contributed by atoms with Gasteiger partial charge in [0.1, 0.15) is 6.61 Å². The van der Waals surface area contributed by atoms with Crippen LogP contribution in [0.3, 0.4) is 0 Å². The van der Waals surface area contributed by atoms with E-state index in [-0.39, 0.29) is 6.61 Å². The van der Waals surface area contributed by atoms with Crippen molar-refractivity contribution in [3.05, 3.63) is 60.2 Å². The fourth-order valence-electron chi connectivity index (χ4n) is 2.97. The first-order valence-corrected chi connectivity index (χ1v) is 8.28. The summed E-state index contributed by atoms with van der Waals surface area (Å²) in [7, 11) is 0. The molecule has 0 aliphatic carbocycles. The summed E-state index contributed by atoms with van der Waals surface area (Å²) in [4.78, 5) is 6.09. The number of nitrogens with zero attached hydrogens (tertiary/aromatic N) is 1. The molecule has 120 valence electrons. The number of hydrogen-bond donors (Lipinski definition) is 1. The smallest absolute Gasteiger partial charge is 0.115 e. The molecule has 0 aliphatic rings. The quantitative estimate of drug-likeness (QED) is 0.656. The van der Waals surface area contributed by atoms with E-state index in [0.717, 1.165) is 40.6 Å². The molecule has 3 heteroatoms. The Morgan fingerprint density at radius 1 is 0.957 bits per heavy atom. The molecule has 2 aromatic carbocycles. The fraction of sp³-hybridized carbons (Fsp3) is 0.300. The lowest BCUT2D eigenvalue weighted by molar-refractivity contribution is 0.119. The molecule has 0 radical (unpaired) electrons. The number of aromatic nitrogens is 1. The molecular formula is C20H23NO2. The molecule has 0 amide bonds. The largest absolute Gasteiger partial charge is 0.413 e. The Hall–Kier alpha value is -2.26. The molecular weight excluding hydrogens is 286 g/mol. The van der Waals surface area contributed by atoms with E-state index in [9.17, 15) is 5.11 Å². The molecule has 0 atom stereocenters. The van der Waals surface area contributed by atoms with Gasteiger partial charge in [-0.1, -0.05) is 68.3 Å².